The molecular weight excluding hydrogens is 678 g/mol. The van der Waals surface area contributed by atoms with Crippen molar-refractivity contribution >= 4 is 29.6 Å². The molecule has 1 fully saturated rings. The van der Waals surface area contributed by atoms with Gasteiger partial charge in [0.05, 0.1) is 42.7 Å². The Morgan fingerprint density at radius 2 is 1.53 bits per heavy atom. The maximum atomic E-state index is 14.2. The van der Waals surface area contributed by atoms with Gasteiger partial charge in [-0.2, -0.15) is 0 Å². The average Bonchev–Trinajstić information content (AvgIpc) is 3.59. The van der Waals surface area contributed by atoms with Crippen LogP contribution in [-0.4, -0.2) is 134 Å². The topological polar surface area (TPSA) is 158 Å². The van der Waals surface area contributed by atoms with Gasteiger partial charge in [-0.15, -0.1) is 0 Å². The van der Waals surface area contributed by atoms with Crippen molar-refractivity contribution in [1.29, 1.82) is 0 Å². The SMILES string of the molecule is CCC(C)C(C(CC(=O)N1CCCC1C(OC)C(C)C(=O)N[C@@H](Cc1ccccc1)C(=O)O)OC)N(C)C(=O)[C@@H](NC(=O)C(C(C)C)N(C)C)C(C)C. The highest BCUT2D eigenvalue weighted by molar-refractivity contribution is 5.90. The summed E-state index contributed by atoms with van der Waals surface area (Å²) in [6.07, 6.45) is 0.820. The molecule has 0 spiro atoms. The minimum absolute atomic E-state index is 0.0104. The molecule has 1 saturated heterocycles. The van der Waals surface area contributed by atoms with Crippen LogP contribution < -0.4 is 10.6 Å². The number of carboxylic acids is 1. The van der Waals surface area contributed by atoms with E-state index in [9.17, 15) is 29.1 Å². The Morgan fingerprint density at radius 1 is 0.906 bits per heavy atom. The number of benzene rings is 1. The van der Waals surface area contributed by atoms with Crippen molar-refractivity contribution in [3.8, 4) is 0 Å². The molecule has 1 aromatic carbocycles. The van der Waals surface area contributed by atoms with Crippen LogP contribution in [0.3, 0.4) is 0 Å². The fourth-order valence-corrected chi connectivity index (χ4v) is 7.76. The Kier molecular flexibility index (Phi) is 18.4. The van der Waals surface area contributed by atoms with Crippen molar-refractivity contribution < 1.29 is 38.6 Å². The number of rotatable bonds is 21. The number of likely N-dealkylation sites (N-methyl/N-ethyl adjacent to an activating group) is 2. The highest BCUT2D eigenvalue weighted by Crippen LogP contribution is 2.30. The van der Waals surface area contributed by atoms with Crippen LogP contribution in [0.4, 0.5) is 0 Å². The normalized spacial score (nSPS) is 19.2. The first-order valence-electron chi connectivity index (χ1n) is 19.1. The van der Waals surface area contributed by atoms with Gasteiger partial charge >= 0.3 is 5.97 Å². The summed E-state index contributed by atoms with van der Waals surface area (Å²) in [5.41, 5.74) is 0.785. The lowest BCUT2D eigenvalue weighted by Gasteiger charge is -2.41. The molecular formula is C40H67N5O8. The minimum atomic E-state index is -1.14. The fourth-order valence-electron chi connectivity index (χ4n) is 7.76. The third-order valence-electron chi connectivity index (χ3n) is 10.8. The summed E-state index contributed by atoms with van der Waals surface area (Å²) in [6, 6.07) is 5.89. The molecule has 1 aliphatic rings. The molecule has 1 aliphatic heterocycles. The second-order valence-electron chi connectivity index (χ2n) is 15.6. The van der Waals surface area contributed by atoms with E-state index in [1.165, 1.54) is 14.2 Å². The van der Waals surface area contributed by atoms with Crippen LogP contribution in [0.25, 0.3) is 0 Å². The molecule has 0 radical (unpaired) electrons. The van der Waals surface area contributed by atoms with E-state index in [0.717, 1.165) is 12.0 Å². The lowest BCUT2D eigenvalue weighted by molar-refractivity contribution is -0.148. The Labute approximate surface area is 317 Å². The van der Waals surface area contributed by atoms with Gasteiger partial charge in [0.2, 0.25) is 23.6 Å². The van der Waals surface area contributed by atoms with Gasteiger partial charge in [0, 0.05) is 34.2 Å². The fraction of sp³-hybridized carbons (Fsp3) is 0.725. The summed E-state index contributed by atoms with van der Waals surface area (Å²) >= 11 is 0. The molecule has 4 amide bonds. The first-order valence-corrected chi connectivity index (χ1v) is 19.1. The van der Waals surface area contributed by atoms with Gasteiger partial charge in [0.15, 0.2) is 0 Å². The number of carboxylic acid groups (broad SMARTS) is 1. The Bertz CT molecular complexity index is 1330. The van der Waals surface area contributed by atoms with Crippen LogP contribution in [0.15, 0.2) is 30.3 Å². The van der Waals surface area contributed by atoms with Gasteiger partial charge in [-0.25, -0.2) is 4.79 Å². The molecule has 0 saturated carbocycles. The Hall–Kier alpha value is -3.55. The van der Waals surface area contributed by atoms with E-state index >= 15 is 0 Å². The zero-order chi connectivity index (χ0) is 40.2. The van der Waals surface area contributed by atoms with Gasteiger partial charge in [0.1, 0.15) is 12.1 Å². The van der Waals surface area contributed by atoms with Gasteiger partial charge in [0.25, 0.3) is 0 Å². The predicted octanol–water partition coefficient (Wildman–Crippen LogP) is 3.45. The number of methoxy groups -OCH3 is 2. The lowest BCUT2D eigenvalue weighted by atomic mass is 9.89. The van der Waals surface area contributed by atoms with E-state index < -0.39 is 60.2 Å². The van der Waals surface area contributed by atoms with Crippen LogP contribution in [0.1, 0.15) is 79.7 Å². The molecule has 2 rings (SSSR count). The average molecular weight is 746 g/mol. The second-order valence-corrected chi connectivity index (χ2v) is 15.6. The molecule has 1 heterocycles. The highest BCUT2D eigenvalue weighted by atomic mass is 16.5. The largest absolute Gasteiger partial charge is 0.480 e. The summed E-state index contributed by atoms with van der Waals surface area (Å²) in [4.78, 5) is 72.5. The maximum absolute atomic E-state index is 14.2. The third-order valence-corrected chi connectivity index (χ3v) is 10.8. The molecule has 53 heavy (non-hydrogen) atoms. The second kappa shape index (κ2) is 21.4. The molecule has 13 heteroatoms. The Balaban J connectivity index is 2.27. The number of ether oxygens (including phenoxy) is 2. The predicted molar refractivity (Wildman–Crippen MR) is 205 cm³/mol. The van der Waals surface area contributed by atoms with E-state index in [4.69, 9.17) is 9.47 Å². The Morgan fingerprint density at radius 3 is 2.02 bits per heavy atom. The molecule has 3 N–H and O–H groups in total. The van der Waals surface area contributed by atoms with Crippen LogP contribution in [-0.2, 0) is 39.9 Å². The van der Waals surface area contributed by atoms with Crippen LogP contribution in [0.5, 0.6) is 0 Å². The molecule has 0 aliphatic carbocycles. The molecule has 13 nitrogen and oxygen atoms in total. The van der Waals surface area contributed by atoms with Crippen molar-refractivity contribution in [3.63, 3.8) is 0 Å². The van der Waals surface area contributed by atoms with Crippen molar-refractivity contribution in [3.05, 3.63) is 35.9 Å². The van der Waals surface area contributed by atoms with Gasteiger partial charge in [-0.05, 0) is 50.3 Å². The monoisotopic (exact) mass is 745 g/mol. The highest BCUT2D eigenvalue weighted by Gasteiger charge is 2.43. The van der Waals surface area contributed by atoms with Crippen molar-refractivity contribution in [2.75, 3.05) is 41.9 Å². The van der Waals surface area contributed by atoms with Crippen LogP contribution in [0.2, 0.25) is 0 Å². The molecule has 0 bridgehead atoms. The minimum Gasteiger partial charge on any atom is -0.480 e. The smallest absolute Gasteiger partial charge is 0.326 e. The van der Waals surface area contributed by atoms with E-state index in [2.05, 4.69) is 10.6 Å². The summed E-state index contributed by atoms with van der Waals surface area (Å²) in [5, 5.41) is 15.6. The summed E-state index contributed by atoms with van der Waals surface area (Å²) < 4.78 is 11.9. The standard InChI is InChI=1S/C40H67N5O8/c1-13-26(6)35(44(10)39(49)33(24(2)3)42-38(48)34(25(4)5)43(8)9)31(52-11)23-32(46)45-21-17-20-30(45)36(53-12)27(7)37(47)41-29(40(50)51)22-28-18-15-14-16-19-28/h14-16,18-19,24-27,29-31,33-36H,13,17,20-23H2,1-12H3,(H,41,47)(H,42,48)(H,50,51)/t26?,27?,29-,30?,31?,33-,34?,35?,36?/m0/s1. The first-order chi connectivity index (χ1) is 24.9. The number of likely N-dealkylation sites (tertiary alicyclic amines) is 1. The van der Waals surface area contributed by atoms with Crippen molar-refractivity contribution in [2.24, 2.45) is 23.7 Å². The molecule has 9 atom stereocenters. The van der Waals surface area contributed by atoms with Crippen LogP contribution in [0, 0.1) is 23.7 Å². The van der Waals surface area contributed by atoms with Crippen molar-refractivity contribution in [1.82, 2.24) is 25.3 Å². The quantitative estimate of drug-likeness (QED) is 0.172. The number of amides is 4. The van der Waals surface area contributed by atoms with Crippen LogP contribution >= 0.6 is 0 Å². The number of hydrogen-bond donors (Lipinski definition) is 3. The number of carbonyl (C=O) groups excluding carboxylic acids is 4. The number of aliphatic carboxylic acids is 1. The number of carbonyl (C=O) groups is 5. The third kappa shape index (κ3) is 12.2. The van der Waals surface area contributed by atoms with Gasteiger partial charge < -0.3 is 35.0 Å². The number of nitrogens with one attached hydrogen (secondary N) is 2. The molecule has 300 valence electrons. The molecule has 0 aromatic heterocycles. The summed E-state index contributed by atoms with van der Waals surface area (Å²) in [7, 11) is 8.44. The lowest BCUT2D eigenvalue weighted by Crippen LogP contribution is -2.59. The number of hydrogen-bond acceptors (Lipinski definition) is 8. The van der Waals surface area contributed by atoms with Gasteiger partial charge in [-0.1, -0.05) is 85.2 Å². The zero-order valence-corrected chi connectivity index (χ0v) is 34.1. The van der Waals surface area contributed by atoms with E-state index in [1.54, 1.807) is 23.8 Å². The van der Waals surface area contributed by atoms with E-state index in [1.807, 2.05) is 90.9 Å². The molecule has 7 unspecified atom stereocenters. The van der Waals surface area contributed by atoms with Crippen molar-refractivity contribution in [2.45, 2.75) is 123 Å². The zero-order valence-electron chi connectivity index (χ0n) is 34.1. The summed E-state index contributed by atoms with van der Waals surface area (Å²) in [5.74, 6) is -3.21. The molecule has 1 aromatic rings. The van der Waals surface area contributed by atoms with Gasteiger partial charge in [-0.3, -0.25) is 24.1 Å². The number of nitrogens with zero attached hydrogens (tertiary/aromatic N) is 3. The maximum Gasteiger partial charge on any atom is 0.326 e. The van der Waals surface area contributed by atoms with E-state index in [-0.39, 0.29) is 48.3 Å². The first kappa shape index (κ1) is 45.6. The van der Waals surface area contributed by atoms with E-state index in [0.29, 0.717) is 19.4 Å². The summed E-state index contributed by atoms with van der Waals surface area (Å²) in [6.45, 7) is 13.9.